The molecule has 29 heavy (non-hydrogen) atoms. The van der Waals surface area contributed by atoms with Gasteiger partial charge in [-0.25, -0.2) is 4.68 Å². The lowest BCUT2D eigenvalue weighted by molar-refractivity contribution is -0.116. The van der Waals surface area contributed by atoms with Crippen LogP contribution in [0.4, 0.5) is 11.4 Å². The monoisotopic (exact) mass is 394 g/mol. The summed E-state index contributed by atoms with van der Waals surface area (Å²) in [5.41, 5.74) is 0.999. The van der Waals surface area contributed by atoms with Gasteiger partial charge in [-0.05, 0) is 24.3 Å². The van der Waals surface area contributed by atoms with Gasteiger partial charge in [0.2, 0.25) is 5.91 Å². The maximum atomic E-state index is 12.6. The first-order chi connectivity index (χ1) is 14.1. The summed E-state index contributed by atoms with van der Waals surface area (Å²) < 4.78 is 6.58. The molecule has 2 aromatic carbocycles. The summed E-state index contributed by atoms with van der Waals surface area (Å²) in [6, 6.07) is 14.3. The van der Waals surface area contributed by atoms with Crippen molar-refractivity contribution >= 4 is 28.1 Å². The molecule has 0 saturated carbocycles. The number of H-pyrrole nitrogens is 1. The van der Waals surface area contributed by atoms with Crippen molar-refractivity contribution in [2.75, 3.05) is 36.5 Å². The van der Waals surface area contributed by atoms with Crippen molar-refractivity contribution in [2.45, 2.75) is 13.0 Å². The van der Waals surface area contributed by atoms with E-state index in [-0.39, 0.29) is 30.0 Å². The molecule has 1 aliphatic heterocycles. The minimum absolute atomic E-state index is 0.0611. The Morgan fingerprint density at radius 1 is 1.00 bits per heavy atom. The number of aromatic nitrogens is 2. The molecule has 0 unspecified atom stereocenters. The summed E-state index contributed by atoms with van der Waals surface area (Å²) >= 11 is 0. The summed E-state index contributed by atoms with van der Waals surface area (Å²) in [5, 5.41) is 6.15. The average Bonchev–Trinajstić information content (AvgIpc) is 2.76. The molecule has 2 N–H and O–H groups in total. The van der Waals surface area contributed by atoms with Crippen molar-refractivity contribution in [2.24, 2.45) is 0 Å². The topological polar surface area (TPSA) is 96.4 Å². The third-order valence-corrected chi connectivity index (χ3v) is 4.98. The van der Waals surface area contributed by atoms with Gasteiger partial charge in [-0.15, -0.1) is 0 Å². The van der Waals surface area contributed by atoms with Crippen LogP contribution in [0.1, 0.15) is 6.42 Å². The second-order valence-corrected chi connectivity index (χ2v) is 6.86. The number of anilines is 2. The van der Waals surface area contributed by atoms with Crippen LogP contribution in [0.5, 0.6) is 0 Å². The molecule has 150 valence electrons. The van der Waals surface area contributed by atoms with Gasteiger partial charge < -0.3 is 15.0 Å². The standard InChI is InChI=1S/C21H22N4O4/c26-19(22-17-7-3-4-8-18(17)24-11-13-29-14-12-24)9-10-25-21(28)16-6-2-1-5-15(16)20(27)23-25/h1-8H,9-14H2,(H,22,26)(H,23,27). The fraction of sp³-hybridized carbons (Fsp3) is 0.286. The van der Waals surface area contributed by atoms with Crippen molar-refractivity contribution in [3.05, 3.63) is 69.2 Å². The normalized spacial score (nSPS) is 14.1. The lowest BCUT2D eigenvalue weighted by Gasteiger charge is -2.30. The zero-order chi connectivity index (χ0) is 20.2. The van der Waals surface area contributed by atoms with Crippen LogP contribution in [0.25, 0.3) is 10.8 Å². The van der Waals surface area contributed by atoms with Gasteiger partial charge in [-0.3, -0.25) is 19.5 Å². The first-order valence-corrected chi connectivity index (χ1v) is 9.57. The van der Waals surface area contributed by atoms with E-state index >= 15 is 0 Å². The molecule has 0 bridgehead atoms. The average molecular weight is 394 g/mol. The number of para-hydroxylation sites is 2. The van der Waals surface area contributed by atoms with Gasteiger partial charge in [-0.2, -0.15) is 0 Å². The number of ether oxygens (including phenoxy) is 1. The Morgan fingerprint density at radius 3 is 2.48 bits per heavy atom. The molecule has 1 amide bonds. The Morgan fingerprint density at radius 2 is 1.69 bits per heavy atom. The maximum absolute atomic E-state index is 12.6. The van der Waals surface area contributed by atoms with Crippen LogP contribution in [-0.4, -0.2) is 42.0 Å². The van der Waals surface area contributed by atoms with E-state index < -0.39 is 0 Å². The van der Waals surface area contributed by atoms with Crippen molar-refractivity contribution in [3.63, 3.8) is 0 Å². The minimum atomic E-state index is -0.349. The molecule has 0 aliphatic carbocycles. The zero-order valence-electron chi connectivity index (χ0n) is 15.9. The molecule has 0 atom stereocenters. The molecule has 1 saturated heterocycles. The highest BCUT2D eigenvalue weighted by molar-refractivity contribution is 5.94. The number of aryl methyl sites for hydroxylation is 1. The molecule has 3 aromatic rings. The molecule has 4 rings (SSSR count). The van der Waals surface area contributed by atoms with Gasteiger partial charge in [0, 0.05) is 19.5 Å². The molecular weight excluding hydrogens is 372 g/mol. The summed E-state index contributed by atoms with van der Waals surface area (Å²) in [6.07, 6.45) is 0.0611. The Bertz CT molecular complexity index is 1150. The SMILES string of the molecule is O=C(CCn1[nH]c(=O)c2ccccc2c1=O)Nc1ccccc1N1CCOCC1. The van der Waals surface area contributed by atoms with E-state index in [2.05, 4.69) is 15.3 Å². The van der Waals surface area contributed by atoms with Gasteiger partial charge in [-0.1, -0.05) is 24.3 Å². The second kappa shape index (κ2) is 8.32. The number of morpholine rings is 1. The lowest BCUT2D eigenvalue weighted by Crippen LogP contribution is -2.36. The van der Waals surface area contributed by atoms with Crippen LogP contribution in [0, 0.1) is 0 Å². The Kier molecular flexibility index (Phi) is 5.44. The van der Waals surface area contributed by atoms with Crippen LogP contribution < -0.4 is 21.3 Å². The van der Waals surface area contributed by atoms with Crippen molar-refractivity contribution in [1.82, 2.24) is 9.78 Å². The van der Waals surface area contributed by atoms with E-state index in [1.807, 2.05) is 24.3 Å². The number of nitrogens with zero attached hydrogens (tertiary/aromatic N) is 2. The summed E-state index contributed by atoms with van der Waals surface area (Å²) in [6.45, 7) is 2.92. The van der Waals surface area contributed by atoms with Crippen LogP contribution in [-0.2, 0) is 16.1 Å². The summed E-state index contributed by atoms with van der Waals surface area (Å²) in [4.78, 5) is 39.4. The van der Waals surface area contributed by atoms with Crippen molar-refractivity contribution in [3.8, 4) is 0 Å². The highest BCUT2D eigenvalue weighted by Gasteiger charge is 2.16. The van der Waals surface area contributed by atoms with Gasteiger partial charge in [0.15, 0.2) is 0 Å². The molecule has 8 nitrogen and oxygen atoms in total. The Labute approximate surface area is 166 Å². The zero-order valence-corrected chi connectivity index (χ0v) is 15.9. The smallest absolute Gasteiger partial charge is 0.273 e. The predicted octanol–water partition coefficient (Wildman–Crippen LogP) is 1.56. The number of hydrogen-bond donors (Lipinski definition) is 2. The van der Waals surface area contributed by atoms with Gasteiger partial charge in [0.05, 0.1) is 41.9 Å². The molecule has 0 spiro atoms. The van der Waals surface area contributed by atoms with Crippen LogP contribution in [0.15, 0.2) is 58.1 Å². The highest BCUT2D eigenvalue weighted by Crippen LogP contribution is 2.26. The number of benzene rings is 2. The third-order valence-electron chi connectivity index (χ3n) is 4.98. The van der Waals surface area contributed by atoms with E-state index in [0.717, 1.165) is 24.5 Å². The number of carbonyl (C=O) groups is 1. The molecule has 2 heterocycles. The van der Waals surface area contributed by atoms with E-state index in [1.54, 1.807) is 24.3 Å². The number of hydrogen-bond acceptors (Lipinski definition) is 5. The number of aromatic amines is 1. The molecule has 8 heteroatoms. The summed E-state index contributed by atoms with van der Waals surface area (Å²) in [5.74, 6) is -0.230. The number of rotatable bonds is 5. The van der Waals surface area contributed by atoms with Crippen LogP contribution in [0.2, 0.25) is 0 Å². The van der Waals surface area contributed by atoms with Crippen LogP contribution >= 0.6 is 0 Å². The Hall–Kier alpha value is -3.39. The first-order valence-electron chi connectivity index (χ1n) is 9.57. The largest absolute Gasteiger partial charge is 0.378 e. The second-order valence-electron chi connectivity index (χ2n) is 6.86. The summed E-state index contributed by atoms with van der Waals surface area (Å²) in [7, 11) is 0. The first kappa shape index (κ1) is 18.9. The minimum Gasteiger partial charge on any atom is -0.378 e. The van der Waals surface area contributed by atoms with E-state index in [9.17, 15) is 14.4 Å². The highest BCUT2D eigenvalue weighted by atomic mass is 16.5. The fourth-order valence-electron chi connectivity index (χ4n) is 3.49. The molecule has 0 radical (unpaired) electrons. The fourth-order valence-corrected chi connectivity index (χ4v) is 3.49. The van der Waals surface area contributed by atoms with Crippen molar-refractivity contribution in [1.29, 1.82) is 0 Å². The van der Waals surface area contributed by atoms with Crippen molar-refractivity contribution < 1.29 is 9.53 Å². The third kappa shape index (κ3) is 4.07. The van der Waals surface area contributed by atoms with Gasteiger partial charge in [0.25, 0.3) is 11.1 Å². The predicted molar refractivity (Wildman–Crippen MR) is 112 cm³/mol. The van der Waals surface area contributed by atoms with Crippen LogP contribution in [0.3, 0.4) is 0 Å². The number of carbonyl (C=O) groups excluding carboxylic acids is 1. The maximum Gasteiger partial charge on any atom is 0.273 e. The molecule has 1 fully saturated rings. The molecular formula is C21H22N4O4. The van der Waals surface area contributed by atoms with E-state index in [4.69, 9.17) is 4.74 Å². The number of amides is 1. The van der Waals surface area contributed by atoms with E-state index in [1.165, 1.54) is 4.68 Å². The number of nitrogens with one attached hydrogen (secondary N) is 2. The van der Waals surface area contributed by atoms with Gasteiger partial charge in [0.1, 0.15) is 0 Å². The quantitative estimate of drug-likeness (QED) is 0.685. The number of fused-ring (bicyclic) bond motifs is 1. The lowest BCUT2D eigenvalue weighted by atomic mass is 10.2. The van der Waals surface area contributed by atoms with Gasteiger partial charge >= 0.3 is 0 Å². The molecule has 1 aliphatic rings. The molecule has 1 aromatic heterocycles. The Balaban J connectivity index is 1.48. The van der Waals surface area contributed by atoms with E-state index in [0.29, 0.717) is 24.0 Å².